The van der Waals surface area contributed by atoms with Crippen LogP contribution in [-0.2, 0) is 10.8 Å². The van der Waals surface area contributed by atoms with Gasteiger partial charge in [-0.2, -0.15) is 13.2 Å². The van der Waals surface area contributed by atoms with E-state index in [1.165, 1.54) is 6.92 Å². The molecule has 0 spiro atoms. The maximum Gasteiger partial charge on any atom is 0.471 e. The van der Waals surface area contributed by atoms with E-state index in [-0.39, 0.29) is 0 Å². The third-order valence-electron chi connectivity index (χ3n) is 1.29. The van der Waals surface area contributed by atoms with Crippen LogP contribution in [0.15, 0.2) is 0 Å². The summed E-state index contributed by atoms with van der Waals surface area (Å²) >= 11 is 0. The van der Waals surface area contributed by atoms with Gasteiger partial charge in [0.05, 0.1) is 0 Å². The van der Waals surface area contributed by atoms with Crippen LogP contribution in [0.2, 0.25) is 0 Å². The molecule has 0 aliphatic rings. The molecule has 5 heteroatoms. The van der Waals surface area contributed by atoms with Crippen molar-refractivity contribution in [2.75, 3.05) is 0 Å². The fraction of sp³-hybridized carbons (Fsp3) is 1.00. The van der Waals surface area contributed by atoms with Crippen LogP contribution in [0, 0.1) is 0 Å². The minimum Gasteiger partial charge on any atom is -0.250 e. The van der Waals surface area contributed by atoms with Crippen LogP contribution >= 0.6 is 0 Å². The number of hydrogen-bond donors (Lipinski definition) is 0. The maximum atomic E-state index is 11.7. The molecule has 1 nitrogen and oxygen atoms in total. The summed E-state index contributed by atoms with van der Waals surface area (Å²) in [6.07, 6.45) is 0.981. The zero-order chi connectivity index (χ0) is 9.07. The smallest absolute Gasteiger partial charge is 0.250 e. The quantitative estimate of drug-likeness (QED) is 0.664. The summed E-state index contributed by atoms with van der Waals surface area (Å²) < 4.78 is 45.7. The molecular formula is C6H11F3OS. The summed E-state index contributed by atoms with van der Waals surface area (Å²) in [5, 5.41) is -0.778. The largest absolute Gasteiger partial charge is 0.471 e. The van der Waals surface area contributed by atoms with Crippen LogP contribution in [0.25, 0.3) is 0 Å². The van der Waals surface area contributed by atoms with Gasteiger partial charge in [-0.15, -0.1) is 0 Å². The lowest BCUT2D eigenvalue weighted by molar-refractivity contribution is -0.0391. The van der Waals surface area contributed by atoms with Crippen LogP contribution in [0.1, 0.15) is 26.7 Å². The van der Waals surface area contributed by atoms with Gasteiger partial charge in [0, 0.05) is 5.25 Å². The molecule has 68 valence electrons. The number of hydrogen-bond acceptors (Lipinski definition) is 1. The standard InChI is InChI=1S/C6H11F3OS/c1-3-4-5(2)11(10)6(7,8)9/h5H,3-4H2,1-2H3. The first-order valence-corrected chi connectivity index (χ1v) is 4.58. The van der Waals surface area contributed by atoms with Crippen molar-refractivity contribution in [3.05, 3.63) is 0 Å². The van der Waals surface area contributed by atoms with Crippen molar-refractivity contribution in [1.82, 2.24) is 0 Å². The molecule has 0 aromatic heterocycles. The average molecular weight is 188 g/mol. The molecule has 0 saturated carbocycles. The Balaban J connectivity index is 4.03. The average Bonchev–Trinajstić information content (AvgIpc) is 1.85. The highest BCUT2D eigenvalue weighted by Crippen LogP contribution is 2.24. The SMILES string of the molecule is CCCC(C)S(=O)C(F)(F)F. The topological polar surface area (TPSA) is 17.1 Å². The highest BCUT2D eigenvalue weighted by molar-refractivity contribution is 7.86. The Labute approximate surface area is 66.4 Å². The van der Waals surface area contributed by atoms with Crippen LogP contribution < -0.4 is 0 Å². The van der Waals surface area contributed by atoms with Gasteiger partial charge in [0.15, 0.2) is 0 Å². The van der Waals surface area contributed by atoms with E-state index in [1.807, 2.05) is 0 Å². The minimum absolute atomic E-state index is 0.353. The third kappa shape index (κ3) is 3.74. The van der Waals surface area contributed by atoms with Crippen molar-refractivity contribution in [2.24, 2.45) is 0 Å². The van der Waals surface area contributed by atoms with Crippen molar-refractivity contribution in [3.63, 3.8) is 0 Å². The molecule has 0 rings (SSSR count). The first-order valence-electron chi connectivity index (χ1n) is 3.37. The summed E-state index contributed by atoms with van der Waals surface area (Å²) in [6.45, 7) is 3.12. The van der Waals surface area contributed by atoms with Crippen molar-refractivity contribution in [3.8, 4) is 0 Å². The number of halogens is 3. The van der Waals surface area contributed by atoms with Crippen molar-refractivity contribution in [1.29, 1.82) is 0 Å². The Kier molecular flexibility index (Phi) is 4.07. The van der Waals surface area contributed by atoms with Crippen LogP contribution in [-0.4, -0.2) is 15.0 Å². The zero-order valence-corrected chi connectivity index (χ0v) is 7.26. The van der Waals surface area contributed by atoms with E-state index in [1.54, 1.807) is 6.92 Å². The normalized spacial score (nSPS) is 17.9. The van der Waals surface area contributed by atoms with E-state index < -0.39 is 21.6 Å². The van der Waals surface area contributed by atoms with Gasteiger partial charge < -0.3 is 0 Å². The summed E-state index contributed by atoms with van der Waals surface area (Å²) in [7, 11) is -2.68. The minimum atomic E-state index is -4.55. The predicted octanol–water partition coefficient (Wildman–Crippen LogP) is 2.44. The van der Waals surface area contributed by atoms with Crippen LogP contribution in [0.4, 0.5) is 13.2 Å². The molecule has 2 unspecified atom stereocenters. The number of rotatable bonds is 3. The molecule has 2 atom stereocenters. The van der Waals surface area contributed by atoms with Gasteiger partial charge >= 0.3 is 5.51 Å². The van der Waals surface area contributed by atoms with Crippen molar-refractivity contribution >= 4 is 10.8 Å². The Morgan fingerprint density at radius 2 is 1.91 bits per heavy atom. The van der Waals surface area contributed by atoms with Crippen LogP contribution in [0.5, 0.6) is 0 Å². The number of alkyl halides is 3. The van der Waals surface area contributed by atoms with E-state index in [4.69, 9.17) is 0 Å². The molecule has 0 bridgehead atoms. The summed E-state index contributed by atoms with van der Waals surface area (Å²) in [6, 6.07) is 0. The molecule has 0 aromatic rings. The first kappa shape index (κ1) is 10.9. The second-order valence-corrected chi connectivity index (χ2v) is 4.20. The van der Waals surface area contributed by atoms with Crippen molar-refractivity contribution < 1.29 is 17.4 Å². The van der Waals surface area contributed by atoms with Crippen molar-refractivity contribution in [2.45, 2.75) is 37.4 Å². The van der Waals surface area contributed by atoms with Gasteiger partial charge in [0.25, 0.3) is 0 Å². The Bertz CT molecular complexity index is 143. The highest BCUT2D eigenvalue weighted by Gasteiger charge is 2.39. The van der Waals surface area contributed by atoms with Gasteiger partial charge in [-0.05, 0) is 6.42 Å². The lowest BCUT2D eigenvalue weighted by atomic mass is 10.3. The molecule has 0 aromatic carbocycles. The molecule has 0 saturated heterocycles. The van der Waals surface area contributed by atoms with Gasteiger partial charge in [-0.3, -0.25) is 4.21 Å². The fourth-order valence-electron chi connectivity index (χ4n) is 0.742. The molecule has 0 radical (unpaired) electrons. The molecule has 0 aliphatic carbocycles. The summed E-state index contributed by atoms with van der Waals surface area (Å²) in [5.74, 6) is 0. The third-order valence-corrected chi connectivity index (χ3v) is 2.71. The lowest BCUT2D eigenvalue weighted by Crippen LogP contribution is -2.25. The van der Waals surface area contributed by atoms with Gasteiger partial charge in [0.1, 0.15) is 10.8 Å². The van der Waals surface area contributed by atoms with E-state index >= 15 is 0 Å². The van der Waals surface area contributed by atoms with E-state index in [2.05, 4.69) is 0 Å². The zero-order valence-electron chi connectivity index (χ0n) is 6.44. The van der Waals surface area contributed by atoms with Gasteiger partial charge in [0.2, 0.25) is 0 Å². The molecule has 0 amide bonds. The second kappa shape index (κ2) is 4.09. The highest BCUT2D eigenvalue weighted by atomic mass is 32.2. The first-order chi connectivity index (χ1) is 4.89. The monoisotopic (exact) mass is 188 g/mol. The maximum absolute atomic E-state index is 11.7. The fourth-order valence-corrected chi connectivity index (χ4v) is 1.65. The molecule has 11 heavy (non-hydrogen) atoms. The molecular weight excluding hydrogens is 177 g/mol. The van der Waals surface area contributed by atoms with Crippen LogP contribution in [0.3, 0.4) is 0 Å². The lowest BCUT2D eigenvalue weighted by Gasteiger charge is -2.11. The van der Waals surface area contributed by atoms with E-state index in [9.17, 15) is 17.4 Å². The van der Waals surface area contributed by atoms with Gasteiger partial charge in [-0.25, -0.2) is 0 Å². The predicted molar refractivity (Wildman–Crippen MR) is 38.6 cm³/mol. The summed E-state index contributed by atoms with van der Waals surface area (Å²) in [4.78, 5) is 0. The Morgan fingerprint density at radius 1 is 1.45 bits per heavy atom. The molecule has 0 aliphatic heterocycles. The van der Waals surface area contributed by atoms with E-state index in [0.717, 1.165) is 0 Å². The molecule has 0 fully saturated rings. The second-order valence-electron chi connectivity index (χ2n) is 2.34. The van der Waals surface area contributed by atoms with Gasteiger partial charge in [-0.1, -0.05) is 20.3 Å². The molecule has 0 N–H and O–H groups in total. The van der Waals surface area contributed by atoms with E-state index in [0.29, 0.717) is 12.8 Å². The Morgan fingerprint density at radius 3 is 2.18 bits per heavy atom. The molecule has 0 heterocycles. The Hall–Kier alpha value is -0.0600. The summed E-state index contributed by atoms with van der Waals surface area (Å²) in [5.41, 5.74) is -4.55.